The first-order valence-electron chi connectivity index (χ1n) is 7.84. The molecule has 0 spiro atoms. The minimum atomic E-state index is -0.272. The summed E-state index contributed by atoms with van der Waals surface area (Å²) in [6.45, 7) is 4.16. The van der Waals surface area contributed by atoms with Crippen molar-refractivity contribution in [2.24, 2.45) is 0 Å². The second-order valence-electron chi connectivity index (χ2n) is 5.35. The normalized spacial score (nSPS) is 10.9. The van der Waals surface area contributed by atoms with Gasteiger partial charge in [-0.2, -0.15) is 0 Å². The molecule has 0 saturated carbocycles. The standard InChI is InChI=1S/C18H22N2O5/c1-12-15(13(2)25-20-12)11-24-16-6-4-14(10-17(16)23-3)5-7-18(22)19-8-9-21/h4-7,10,21H,8-9,11H2,1-3H3,(H,19,22)/b7-5+. The molecule has 0 bridgehead atoms. The van der Waals surface area contributed by atoms with Crippen LogP contribution in [0.15, 0.2) is 28.8 Å². The van der Waals surface area contributed by atoms with Crippen LogP contribution in [0.4, 0.5) is 0 Å². The van der Waals surface area contributed by atoms with Gasteiger partial charge in [0, 0.05) is 12.6 Å². The van der Waals surface area contributed by atoms with Crippen molar-refractivity contribution in [1.82, 2.24) is 10.5 Å². The van der Waals surface area contributed by atoms with Gasteiger partial charge >= 0.3 is 0 Å². The molecular weight excluding hydrogens is 324 g/mol. The highest BCUT2D eigenvalue weighted by atomic mass is 16.5. The van der Waals surface area contributed by atoms with E-state index in [0.29, 0.717) is 18.1 Å². The largest absolute Gasteiger partial charge is 0.493 e. The number of hydrogen-bond donors (Lipinski definition) is 2. The van der Waals surface area contributed by atoms with Gasteiger partial charge in [-0.15, -0.1) is 0 Å². The van der Waals surface area contributed by atoms with Crippen LogP contribution in [0.3, 0.4) is 0 Å². The SMILES string of the molecule is COc1cc(/C=C/C(=O)NCCO)ccc1OCc1c(C)noc1C. The van der Waals surface area contributed by atoms with Gasteiger partial charge in [0.15, 0.2) is 11.5 Å². The summed E-state index contributed by atoms with van der Waals surface area (Å²) in [4.78, 5) is 11.5. The highest BCUT2D eigenvalue weighted by Crippen LogP contribution is 2.30. The van der Waals surface area contributed by atoms with Gasteiger partial charge < -0.3 is 24.4 Å². The lowest BCUT2D eigenvalue weighted by molar-refractivity contribution is -0.116. The third-order valence-corrected chi connectivity index (χ3v) is 3.58. The van der Waals surface area contributed by atoms with Crippen molar-refractivity contribution in [3.8, 4) is 11.5 Å². The summed E-state index contributed by atoms with van der Waals surface area (Å²) in [6, 6.07) is 5.38. The van der Waals surface area contributed by atoms with Crippen molar-refractivity contribution in [2.75, 3.05) is 20.3 Å². The van der Waals surface area contributed by atoms with E-state index in [1.807, 2.05) is 19.9 Å². The maximum absolute atomic E-state index is 11.5. The molecule has 0 aliphatic rings. The number of carbonyl (C=O) groups excluding carboxylic acids is 1. The summed E-state index contributed by atoms with van der Waals surface area (Å²) in [7, 11) is 1.56. The van der Waals surface area contributed by atoms with Gasteiger partial charge in [0.25, 0.3) is 0 Å². The van der Waals surface area contributed by atoms with E-state index in [-0.39, 0.29) is 19.1 Å². The molecule has 1 heterocycles. The Hall–Kier alpha value is -2.80. The molecule has 1 amide bonds. The van der Waals surface area contributed by atoms with Gasteiger partial charge in [0.1, 0.15) is 12.4 Å². The smallest absolute Gasteiger partial charge is 0.244 e. The van der Waals surface area contributed by atoms with Crippen LogP contribution in [0.5, 0.6) is 11.5 Å². The zero-order chi connectivity index (χ0) is 18.2. The molecule has 1 aromatic carbocycles. The molecule has 0 saturated heterocycles. The fraction of sp³-hybridized carbons (Fsp3) is 0.333. The Morgan fingerprint density at radius 3 is 2.80 bits per heavy atom. The van der Waals surface area contributed by atoms with Crippen molar-refractivity contribution >= 4 is 12.0 Å². The first kappa shape index (κ1) is 18.5. The predicted octanol–water partition coefficient (Wildman–Crippen LogP) is 2.00. The molecule has 7 nitrogen and oxygen atoms in total. The number of carbonyl (C=O) groups is 1. The van der Waals surface area contributed by atoms with Crippen molar-refractivity contribution in [2.45, 2.75) is 20.5 Å². The maximum atomic E-state index is 11.5. The molecule has 2 aromatic rings. The second-order valence-corrected chi connectivity index (χ2v) is 5.35. The molecule has 0 aliphatic heterocycles. The van der Waals surface area contributed by atoms with E-state index in [1.54, 1.807) is 25.3 Å². The van der Waals surface area contributed by atoms with E-state index in [1.165, 1.54) is 6.08 Å². The van der Waals surface area contributed by atoms with Crippen LogP contribution in [0.25, 0.3) is 6.08 Å². The van der Waals surface area contributed by atoms with Gasteiger partial charge in [-0.3, -0.25) is 4.79 Å². The van der Waals surface area contributed by atoms with Crippen LogP contribution in [0, 0.1) is 13.8 Å². The molecule has 134 valence electrons. The van der Waals surface area contributed by atoms with E-state index in [0.717, 1.165) is 22.6 Å². The first-order chi connectivity index (χ1) is 12.0. The third kappa shape index (κ3) is 5.09. The van der Waals surface area contributed by atoms with Crippen molar-refractivity contribution in [1.29, 1.82) is 0 Å². The molecule has 0 fully saturated rings. The van der Waals surface area contributed by atoms with Crippen molar-refractivity contribution in [3.05, 3.63) is 46.9 Å². The molecule has 0 atom stereocenters. The number of aromatic nitrogens is 1. The van der Waals surface area contributed by atoms with Gasteiger partial charge in [-0.25, -0.2) is 0 Å². The number of aryl methyl sites for hydroxylation is 2. The lowest BCUT2D eigenvalue weighted by atomic mass is 10.2. The molecule has 1 aromatic heterocycles. The van der Waals surface area contributed by atoms with Crippen LogP contribution >= 0.6 is 0 Å². The maximum Gasteiger partial charge on any atom is 0.244 e. The zero-order valence-corrected chi connectivity index (χ0v) is 14.5. The van der Waals surface area contributed by atoms with Gasteiger partial charge in [-0.05, 0) is 37.6 Å². The minimum Gasteiger partial charge on any atom is -0.493 e. The molecule has 7 heteroatoms. The number of nitrogens with one attached hydrogen (secondary N) is 1. The average Bonchev–Trinajstić information content (AvgIpc) is 2.94. The van der Waals surface area contributed by atoms with E-state index in [2.05, 4.69) is 10.5 Å². The van der Waals surface area contributed by atoms with Crippen LogP contribution in [-0.2, 0) is 11.4 Å². The fourth-order valence-corrected chi connectivity index (χ4v) is 2.17. The van der Waals surface area contributed by atoms with E-state index < -0.39 is 0 Å². The van der Waals surface area contributed by atoms with E-state index >= 15 is 0 Å². The zero-order valence-electron chi connectivity index (χ0n) is 14.5. The Morgan fingerprint density at radius 2 is 2.16 bits per heavy atom. The summed E-state index contributed by atoms with van der Waals surface area (Å²) in [5.41, 5.74) is 2.50. The summed E-state index contributed by atoms with van der Waals surface area (Å²) >= 11 is 0. The third-order valence-electron chi connectivity index (χ3n) is 3.58. The van der Waals surface area contributed by atoms with Crippen molar-refractivity contribution in [3.63, 3.8) is 0 Å². The van der Waals surface area contributed by atoms with Crippen LogP contribution < -0.4 is 14.8 Å². The number of benzene rings is 1. The minimum absolute atomic E-state index is 0.0927. The predicted molar refractivity (Wildman–Crippen MR) is 92.4 cm³/mol. The van der Waals surface area contributed by atoms with Crippen molar-refractivity contribution < 1.29 is 23.9 Å². The molecule has 2 N–H and O–H groups in total. The number of hydrogen-bond acceptors (Lipinski definition) is 6. The van der Waals surface area contributed by atoms with E-state index in [9.17, 15) is 4.79 Å². The molecule has 0 unspecified atom stereocenters. The molecule has 0 radical (unpaired) electrons. The Bertz CT molecular complexity index is 732. The fourth-order valence-electron chi connectivity index (χ4n) is 2.17. The Labute approximate surface area is 146 Å². The first-order valence-corrected chi connectivity index (χ1v) is 7.84. The number of aliphatic hydroxyl groups is 1. The number of nitrogens with zero attached hydrogens (tertiary/aromatic N) is 1. The summed E-state index contributed by atoms with van der Waals surface area (Å²) in [5.74, 6) is 1.60. The Morgan fingerprint density at radius 1 is 1.36 bits per heavy atom. The number of methoxy groups -OCH3 is 1. The number of rotatable bonds is 8. The highest BCUT2D eigenvalue weighted by Gasteiger charge is 2.11. The molecular formula is C18H22N2O5. The average molecular weight is 346 g/mol. The van der Waals surface area contributed by atoms with Gasteiger partial charge in [0.05, 0.1) is 25.0 Å². The number of aliphatic hydroxyl groups excluding tert-OH is 1. The topological polar surface area (TPSA) is 93.8 Å². The highest BCUT2D eigenvalue weighted by molar-refractivity contribution is 5.91. The molecule has 0 aliphatic carbocycles. The molecule has 2 rings (SSSR count). The van der Waals surface area contributed by atoms with Gasteiger partial charge in [-0.1, -0.05) is 11.2 Å². The lowest BCUT2D eigenvalue weighted by Crippen LogP contribution is -2.24. The van der Waals surface area contributed by atoms with Crippen LogP contribution in [0.2, 0.25) is 0 Å². The Balaban J connectivity index is 2.06. The summed E-state index contributed by atoms with van der Waals surface area (Å²) in [5, 5.41) is 15.1. The summed E-state index contributed by atoms with van der Waals surface area (Å²) < 4.78 is 16.3. The van der Waals surface area contributed by atoms with E-state index in [4.69, 9.17) is 19.1 Å². The monoisotopic (exact) mass is 346 g/mol. The quantitative estimate of drug-likeness (QED) is 0.710. The van der Waals surface area contributed by atoms with Crippen LogP contribution in [-0.4, -0.2) is 36.4 Å². The van der Waals surface area contributed by atoms with Crippen LogP contribution in [0.1, 0.15) is 22.6 Å². The molecule has 25 heavy (non-hydrogen) atoms. The van der Waals surface area contributed by atoms with Gasteiger partial charge in [0.2, 0.25) is 5.91 Å². The number of amides is 1. The second kappa shape index (κ2) is 8.89. The summed E-state index contributed by atoms with van der Waals surface area (Å²) in [6.07, 6.45) is 3.06. The number of ether oxygens (including phenoxy) is 2. The lowest BCUT2D eigenvalue weighted by Gasteiger charge is -2.11. The Kier molecular flexibility index (Phi) is 6.59.